The summed E-state index contributed by atoms with van der Waals surface area (Å²) in [6, 6.07) is 10.3. The van der Waals surface area contributed by atoms with Crippen LogP contribution in [0.25, 0.3) is 12.2 Å². The van der Waals surface area contributed by atoms with Gasteiger partial charge in [-0.1, -0.05) is 49.6 Å². The fourth-order valence-corrected chi connectivity index (χ4v) is 2.81. The maximum Gasteiger partial charge on any atom is 0.338 e. The number of ether oxygens (including phenoxy) is 2. The monoisotopic (exact) mass is 393 g/mol. The van der Waals surface area contributed by atoms with Crippen LogP contribution in [0.4, 0.5) is 0 Å². The molecule has 0 radical (unpaired) electrons. The van der Waals surface area contributed by atoms with Gasteiger partial charge in [0, 0.05) is 6.54 Å². The maximum absolute atomic E-state index is 12.3. The van der Waals surface area contributed by atoms with Crippen LogP contribution >= 0.6 is 0 Å². The fraction of sp³-hybridized carbons (Fsp3) is 0.174. The van der Waals surface area contributed by atoms with Crippen LogP contribution in [0.2, 0.25) is 0 Å². The van der Waals surface area contributed by atoms with E-state index >= 15 is 0 Å². The van der Waals surface area contributed by atoms with E-state index in [0.717, 1.165) is 11.1 Å². The number of esters is 2. The number of methoxy groups -OCH3 is 2. The number of carbonyl (C=O) groups is 3. The zero-order valence-electron chi connectivity index (χ0n) is 16.5. The summed E-state index contributed by atoms with van der Waals surface area (Å²) in [5, 5.41) is 2.82. The van der Waals surface area contributed by atoms with Crippen LogP contribution in [0.15, 0.2) is 49.6 Å². The number of hydrogen-bond donors (Lipinski definition) is 1. The van der Waals surface area contributed by atoms with Crippen molar-refractivity contribution in [2.24, 2.45) is 0 Å². The first-order chi connectivity index (χ1) is 13.9. The quantitative estimate of drug-likeness (QED) is 0.695. The van der Waals surface area contributed by atoms with E-state index in [9.17, 15) is 14.4 Å². The van der Waals surface area contributed by atoms with Crippen molar-refractivity contribution >= 4 is 30.0 Å². The van der Waals surface area contributed by atoms with Gasteiger partial charge in [0.25, 0.3) is 0 Å². The Morgan fingerprint density at radius 2 is 1.48 bits per heavy atom. The Morgan fingerprint density at radius 1 is 0.862 bits per heavy atom. The van der Waals surface area contributed by atoms with Crippen molar-refractivity contribution in [3.63, 3.8) is 0 Å². The summed E-state index contributed by atoms with van der Waals surface area (Å²) in [4.78, 5) is 35.9. The van der Waals surface area contributed by atoms with E-state index in [0.29, 0.717) is 22.3 Å². The number of hydrogen-bond acceptors (Lipinski definition) is 5. The summed E-state index contributed by atoms with van der Waals surface area (Å²) in [6.07, 6.45) is 3.25. The lowest BCUT2D eigenvalue weighted by molar-refractivity contribution is -0.120. The van der Waals surface area contributed by atoms with Gasteiger partial charge in [-0.15, -0.1) is 0 Å². The molecule has 2 aromatic rings. The van der Waals surface area contributed by atoms with Crippen molar-refractivity contribution in [2.75, 3.05) is 14.2 Å². The molecule has 0 atom stereocenters. The van der Waals surface area contributed by atoms with Gasteiger partial charge >= 0.3 is 11.9 Å². The smallest absolute Gasteiger partial charge is 0.338 e. The molecular formula is C23H23NO5. The van der Waals surface area contributed by atoms with Crippen molar-refractivity contribution in [2.45, 2.75) is 13.0 Å². The van der Waals surface area contributed by atoms with E-state index in [1.165, 1.54) is 14.2 Å². The molecule has 0 aromatic heterocycles. The van der Waals surface area contributed by atoms with Gasteiger partial charge in [0.1, 0.15) is 0 Å². The molecule has 150 valence electrons. The predicted octanol–water partition coefficient (Wildman–Crippen LogP) is 3.40. The van der Waals surface area contributed by atoms with Crippen molar-refractivity contribution in [3.05, 3.63) is 82.9 Å². The summed E-state index contributed by atoms with van der Waals surface area (Å²) in [5.74, 6) is -1.12. The van der Waals surface area contributed by atoms with Gasteiger partial charge in [0.2, 0.25) is 5.91 Å². The number of benzene rings is 2. The molecule has 0 saturated heterocycles. The van der Waals surface area contributed by atoms with E-state index in [4.69, 9.17) is 9.47 Å². The van der Waals surface area contributed by atoms with Crippen molar-refractivity contribution in [1.82, 2.24) is 5.32 Å². The first-order valence-corrected chi connectivity index (χ1v) is 8.87. The number of carbonyl (C=O) groups excluding carboxylic acids is 3. The molecular weight excluding hydrogens is 370 g/mol. The van der Waals surface area contributed by atoms with Crippen molar-refractivity contribution in [1.29, 1.82) is 0 Å². The molecule has 6 heteroatoms. The molecule has 0 heterocycles. The molecule has 2 rings (SSSR count). The lowest BCUT2D eigenvalue weighted by Gasteiger charge is -2.10. The Balaban J connectivity index is 2.07. The second-order valence-corrected chi connectivity index (χ2v) is 6.19. The van der Waals surface area contributed by atoms with Crippen LogP contribution in [-0.2, 0) is 27.2 Å². The molecule has 29 heavy (non-hydrogen) atoms. The summed E-state index contributed by atoms with van der Waals surface area (Å²) in [7, 11) is 2.62. The Morgan fingerprint density at radius 3 is 2.10 bits per heavy atom. The third-order valence-electron chi connectivity index (χ3n) is 4.34. The van der Waals surface area contributed by atoms with E-state index in [-0.39, 0.29) is 18.9 Å². The highest BCUT2D eigenvalue weighted by Gasteiger charge is 2.13. The van der Waals surface area contributed by atoms with Crippen LogP contribution in [0.1, 0.15) is 43.0 Å². The molecule has 1 N–H and O–H groups in total. The van der Waals surface area contributed by atoms with Crippen molar-refractivity contribution in [3.8, 4) is 0 Å². The molecule has 0 unspecified atom stereocenters. The highest BCUT2D eigenvalue weighted by molar-refractivity contribution is 5.94. The van der Waals surface area contributed by atoms with Crippen LogP contribution < -0.4 is 5.32 Å². The number of nitrogens with one attached hydrogen (secondary N) is 1. The molecule has 6 nitrogen and oxygen atoms in total. The number of amides is 1. The summed E-state index contributed by atoms with van der Waals surface area (Å²) in [6.45, 7) is 7.64. The molecule has 0 fully saturated rings. The Hall–Kier alpha value is -3.67. The van der Waals surface area contributed by atoms with Gasteiger partial charge in [-0.05, 0) is 34.4 Å². The molecule has 0 saturated carbocycles. The van der Waals surface area contributed by atoms with Gasteiger partial charge in [-0.3, -0.25) is 4.79 Å². The standard InChI is InChI=1S/C23H23NO5/c1-5-17-9-7-16(12-20(17)23(27)29-4)14-24-21(25)13-15-8-10-19(22(26)28-3)18(6-2)11-15/h5-12H,1-2,13-14H2,3-4H3,(H,24,25). The molecule has 0 bridgehead atoms. The summed E-state index contributed by atoms with van der Waals surface area (Å²) in [5.41, 5.74) is 3.55. The first kappa shape index (κ1) is 21.6. The molecule has 0 aliphatic rings. The highest BCUT2D eigenvalue weighted by atomic mass is 16.5. The Kier molecular flexibility index (Phi) is 7.48. The van der Waals surface area contributed by atoms with Crippen LogP contribution in [-0.4, -0.2) is 32.1 Å². The number of rotatable bonds is 8. The molecule has 0 aliphatic heterocycles. The minimum Gasteiger partial charge on any atom is -0.465 e. The fourth-order valence-electron chi connectivity index (χ4n) is 2.81. The first-order valence-electron chi connectivity index (χ1n) is 8.87. The average Bonchev–Trinajstić information content (AvgIpc) is 2.76. The third kappa shape index (κ3) is 5.42. The minimum atomic E-state index is -0.462. The second kappa shape index (κ2) is 10.0. The zero-order chi connectivity index (χ0) is 21.4. The Bertz CT molecular complexity index is 962. The maximum atomic E-state index is 12.3. The largest absolute Gasteiger partial charge is 0.465 e. The van der Waals surface area contributed by atoms with Gasteiger partial charge < -0.3 is 14.8 Å². The second-order valence-electron chi connectivity index (χ2n) is 6.19. The lowest BCUT2D eigenvalue weighted by Crippen LogP contribution is -2.24. The summed E-state index contributed by atoms with van der Waals surface area (Å²) < 4.78 is 9.51. The SMILES string of the molecule is C=Cc1cc(CC(=O)NCc2ccc(C=C)c(C(=O)OC)c2)ccc1C(=O)OC. The van der Waals surface area contributed by atoms with Crippen LogP contribution in [0.3, 0.4) is 0 Å². The zero-order valence-corrected chi connectivity index (χ0v) is 16.5. The Labute approximate surface area is 169 Å². The minimum absolute atomic E-state index is 0.136. The molecule has 0 spiro atoms. The van der Waals surface area contributed by atoms with Crippen LogP contribution in [0, 0.1) is 0 Å². The molecule has 1 amide bonds. The van der Waals surface area contributed by atoms with Crippen LogP contribution in [0.5, 0.6) is 0 Å². The van der Waals surface area contributed by atoms with E-state index in [1.54, 1.807) is 42.5 Å². The van der Waals surface area contributed by atoms with Gasteiger partial charge in [0.05, 0.1) is 31.8 Å². The van der Waals surface area contributed by atoms with Crippen molar-refractivity contribution < 1.29 is 23.9 Å². The van der Waals surface area contributed by atoms with E-state index in [1.807, 2.05) is 6.07 Å². The third-order valence-corrected chi connectivity index (χ3v) is 4.34. The predicted molar refractivity (Wildman–Crippen MR) is 111 cm³/mol. The lowest BCUT2D eigenvalue weighted by atomic mass is 10.0. The van der Waals surface area contributed by atoms with Gasteiger partial charge in [0.15, 0.2) is 0 Å². The van der Waals surface area contributed by atoms with E-state index < -0.39 is 11.9 Å². The molecule has 0 aliphatic carbocycles. The molecule has 2 aromatic carbocycles. The average molecular weight is 393 g/mol. The summed E-state index contributed by atoms with van der Waals surface area (Å²) >= 11 is 0. The topological polar surface area (TPSA) is 81.7 Å². The highest BCUT2D eigenvalue weighted by Crippen LogP contribution is 2.16. The van der Waals surface area contributed by atoms with Gasteiger partial charge in [-0.2, -0.15) is 0 Å². The van der Waals surface area contributed by atoms with Gasteiger partial charge in [-0.25, -0.2) is 9.59 Å². The normalized spacial score (nSPS) is 10.0. The van der Waals surface area contributed by atoms with E-state index in [2.05, 4.69) is 18.5 Å².